The number of fused-ring (bicyclic) bond motifs is 1. The molecule has 0 atom stereocenters. The lowest BCUT2D eigenvalue weighted by Gasteiger charge is -2.13. The van der Waals surface area contributed by atoms with Gasteiger partial charge in [0.25, 0.3) is 5.56 Å². The molecule has 4 aromatic rings. The molecule has 2 heterocycles. The van der Waals surface area contributed by atoms with Crippen molar-refractivity contribution in [3.8, 4) is 5.75 Å². The number of methoxy groups -OCH3 is 1. The second-order valence-electron chi connectivity index (χ2n) is 6.29. The van der Waals surface area contributed by atoms with Crippen molar-refractivity contribution in [2.45, 2.75) is 17.5 Å². The molecule has 0 aliphatic heterocycles. The Labute approximate surface area is 183 Å². The molecule has 4 rings (SSSR count). The van der Waals surface area contributed by atoms with E-state index in [-0.39, 0.29) is 11.4 Å². The summed E-state index contributed by atoms with van der Waals surface area (Å²) in [5, 5.41) is 2.43. The van der Waals surface area contributed by atoms with Crippen molar-refractivity contribution in [3.63, 3.8) is 0 Å². The van der Waals surface area contributed by atoms with Crippen molar-refractivity contribution in [3.05, 3.63) is 85.7 Å². The van der Waals surface area contributed by atoms with Gasteiger partial charge in [0, 0.05) is 10.2 Å². The SMILES string of the molecule is COc1ccc(Cn2c(SCc3ccc(Br)cc3F)nc3ccsc3c2=O)cc1. The number of thioether (sulfide) groups is 1. The van der Waals surface area contributed by atoms with Crippen molar-refractivity contribution in [2.75, 3.05) is 7.11 Å². The molecular formula is C21H16BrFN2O2S2. The van der Waals surface area contributed by atoms with Gasteiger partial charge in [0.15, 0.2) is 5.16 Å². The number of benzene rings is 2. The molecular weight excluding hydrogens is 475 g/mol. The van der Waals surface area contributed by atoms with Gasteiger partial charge in [-0.2, -0.15) is 0 Å². The molecule has 0 fully saturated rings. The molecule has 0 aliphatic rings. The zero-order valence-corrected chi connectivity index (χ0v) is 18.6. The van der Waals surface area contributed by atoms with Gasteiger partial charge in [-0.25, -0.2) is 9.37 Å². The van der Waals surface area contributed by atoms with E-state index in [1.54, 1.807) is 23.8 Å². The van der Waals surface area contributed by atoms with Crippen molar-refractivity contribution in [1.82, 2.24) is 9.55 Å². The van der Waals surface area contributed by atoms with E-state index in [2.05, 4.69) is 20.9 Å². The Kier molecular flexibility index (Phi) is 6.03. The Morgan fingerprint density at radius 1 is 1.21 bits per heavy atom. The van der Waals surface area contributed by atoms with Crippen molar-refractivity contribution < 1.29 is 9.13 Å². The van der Waals surface area contributed by atoms with E-state index >= 15 is 0 Å². The first kappa shape index (κ1) is 20.1. The van der Waals surface area contributed by atoms with Crippen LogP contribution in [0.4, 0.5) is 4.39 Å². The molecule has 8 heteroatoms. The smallest absolute Gasteiger partial charge is 0.272 e. The van der Waals surface area contributed by atoms with Gasteiger partial charge in [-0.1, -0.05) is 45.9 Å². The van der Waals surface area contributed by atoms with E-state index in [0.29, 0.717) is 37.7 Å². The molecule has 148 valence electrons. The van der Waals surface area contributed by atoms with Crippen LogP contribution in [0.15, 0.2) is 68.3 Å². The minimum absolute atomic E-state index is 0.0837. The first-order valence-corrected chi connectivity index (χ1v) is 11.4. The molecule has 0 radical (unpaired) electrons. The van der Waals surface area contributed by atoms with E-state index in [0.717, 1.165) is 11.3 Å². The van der Waals surface area contributed by atoms with Gasteiger partial charge >= 0.3 is 0 Å². The molecule has 0 saturated heterocycles. The highest BCUT2D eigenvalue weighted by Crippen LogP contribution is 2.27. The number of aromatic nitrogens is 2. The maximum absolute atomic E-state index is 14.2. The normalized spacial score (nSPS) is 11.1. The number of hydrogen-bond donors (Lipinski definition) is 0. The van der Waals surface area contributed by atoms with Crippen LogP contribution < -0.4 is 10.3 Å². The minimum atomic E-state index is -0.285. The summed E-state index contributed by atoms with van der Waals surface area (Å²) in [5.41, 5.74) is 2.11. The van der Waals surface area contributed by atoms with E-state index in [1.807, 2.05) is 35.7 Å². The average molecular weight is 491 g/mol. The Bertz CT molecular complexity index is 1220. The lowest BCUT2D eigenvalue weighted by molar-refractivity contribution is 0.414. The Morgan fingerprint density at radius 3 is 2.72 bits per heavy atom. The fraction of sp³-hybridized carbons (Fsp3) is 0.143. The summed E-state index contributed by atoms with van der Waals surface area (Å²) in [6.07, 6.45) is 0. The predicted molar refractivity (Wildman–Crippen MR) is 120 cm³/mol. The zero-order chi connectivity index (χ0) is 20.4. The van der Waals surface area contributed by atoms with Gasteiger partial charge in [-0.15, -0.1) is 11.3 Å². The van der Waals surface area contributed by atoms with Crippen molar-refractivity contribution in [1.29, 1.82) is 0 Å². The third-order valence-corrected chi connectivity index (χ3v) is 6.81. The lowest BCUT2D eigenvalue weighted by atomic mass is 10.2. The van der Waals surface area contributed by atoms with Gasteiger partial charge in [-0.05, 0) is 46.8 Å². The van der Waals surface area contributed by atoms with Crippen LogP contribution in [0.1, 0.15) is 11.1 Å². The Balaban J connectivity index is 1.69. The fourth-order valence-electron chi connectivity index (χ4n) is 2.87. The van der Waals surface area contributed by atoms with Crippen LogP contribution >= 0.6 is 39.0 Å². The van der Waals surface area contributed by atoms with E-state index in [4.69, 9.17) is 4.74 Å². The highest BCUT2D eigenvalue weighted by Gasteiger charge is 2.14. The van der Waals surface area contributed by atoms with Crippen LogP contribution in [-0.4, -0.2) is 16.7 Å². The average Bonchev–Trinajstić information content (AvgIpc) is 3.19. The van der Waals surface area contributed by atoms with Crippen molar-refractivity contribution in [2.24, 2.45) is 0 Å². The number of thiophene rings is 1. The van der Waals surface area contributed by atoms with E-state index < -0.39 is 0 Å². The fourth-order valence-corrected chi connectivity index (χ4v) is 4.96. The number of nitrogens with zero attached hydrogens (tertiary/aromatic N) is 2. The van der Waals surface area contributed by atoms with Crippen LogP contribution in [0.2, 0.25) is 0 Å². The molecule has 4 nitrogen and oxygen atoms in total. The van der Waals surface area contributed by atoms with Crippen LogP contribution in [0.3, 0.4) is 0 Å². The van der Waals surface area contributed by atoms with E-state index in [1.165, 1.54) is 29.2 Å². The van der Waals surface area contributed by atoms with Crippen LogP contribution in [0.5, 0.6) is 5.75 Å². The molecule has 2 aromatic heterocycles. The molecule has 29 heavy (non-hydrogen) atoms. The highest BCUT2D eigenvalue weighted by atomic mass is 79.9. The molecule has 0 unspecified atom stereocenters. The first-order valence-electron chi connectivity index (χ1n) is 8.73. The summed E-state index contributed by atoms with van der Waals surface area (Å²) in [6, 6.07) is 14.4. The summed E-state index contributed by atoms with van der Waals surface area (Å²) < 4.78 is 22.4. The molecule has 0 saturated carbocycles. The standard InChI is InChI=1S/C21H16BrFN2O2S2/c1-27-16-6-2-13(3-7-16)11-25-20(26)19-18(8-9-28-19)24-21(25)29-12-14-4-5-15(22)10-17(14)23/h2-10H,11-12H2,1H3. The second-order valence-corrected chi connectivity index (χ2v) is 9.07. The Hall–Kier alpha value is -2.16. The van der Waals surface area contributed by atoms with Crippen LogP contribution in [0.25, 0.3) is 10.2 Å². The third kappa shape index (κ3) is 4.39. The first-order chi connectivity index (χ1) is 14.0. The number of hydrogen-bond acceptors (Lipinski definition) is 5. The van der Waals surface area contributed by atoms with Gasteiger partial charge in [0.2, 0.25) is 0 Å². The summed E-state index contributed by atoms with van der Waals surface area (Å²) in [6.45, 7) is 0.384. The minimum Gasteiger partial charge on any atom is -0.497 e. The van der Waals surface area contributed by atoms with E-state index in [9.17, 15) is 9.18 Å². The monoisotopic (exact) mass is 490 g/mol. The van der Waals surface area contributed by atoms with Crippen molar-refractivity contribution >= 4 is 49.2 Å². The molecule has 0 spiro atoms. The maximum Gasteiger partial charge on any atom is 0.272 e. The second kappa shape index (κ2) is 8.69. The summed E-state index contributed by atoms with van der Waals surface area (Å²) in [7, 11) is 1.62. The van der Waals surface area contributed by atoms with Gasteiger partial charge in [0.05, 0.1) is 19.2 Å². The number of halogens is 2. The third-order valence-electron chi connectivity index (χ3n) is 4.40. The molecule has 2 aromatic carbocycles. The van der Waals surface area contributed by atoms with Gasteiger partial charge in [0.1, 0.15) is 16.3 Å². The number of rotatable bonds is 6. The zero-order valence-electron chi connectivity index (χ0n) is 15.4. The topological polar surface area (TPSA) is 44.1 Å². The molecule has 0 aliphatic carbocycles. The highest BCUT2D eigenvalue weighted by molar-refractivity contribution is 9.10. The Morgan fingerprint density at radius 2 is 2.00 bits per heavy atom. The summed E-state index contributed by atoms with van der Waals surface area (Å²) in [5.74, 6) is 0.852. The maximum atomic E-state index is 14.2. The predicted octanol–water partition coefficient (Wildman–Crippen LogP) is 5.71. The summed E-state index contributed by atoms with van der Waals surface area (Å²) >= 11 is 6.01. The largest absolute Gasteiger partial charge is 0.497 e. The summed E-state index contributed by atoms with van der Waals surface area (Å²) in [4.78, 5) is 17.7. The lowest BCUT2D eigenvalue weighted by Crippen LogP contribution is -2.23. The van der Waals surface area contributed by atoms with Crippen LogP contribution in [0, 0.1) is 5.82 Å². The van der Waals surface area contributed by atoms with Gasteiger partial charge < -0.3 is 4.74 Å². The molecule has 0 amide bonds. The number of ether oxygens (including phenoxy) is 1. The molecule has 0 N–H and O–H groups in total. The van der Waals surface area contributed by atoms with Gasteiger partial charge in [-0.3, -0.25) is 9.36 Å². The van der Waals surface area contributed by atoms with Crippen LogP contribution in [-0.2, 0) is 12.3 Å². The molecule has 0 bridgehead atoms. The quantitative estimate of drug-likeness (QED) is 0.256.